The van der Waals surface area contributed by atoms with Crippen LogP contribution in [0, 0.1) is 0 Å². The van der Waals surface area contributed by atoms with Crippen LogP contribution < -0.4 is 5.32 Å². The van der Waals surface area contributed by atoms with Crippen molar-refractivity contribution in [2.24, 2.45) is 7.05 Å². The van der Waals surface area contributed by atoms with Crippen molar-refractivity contribution in [1.82, 2.24) is 30.3 Å². The second-order valence-corrected chi connectivity index (χ2v) is 5.11. The Hall–Kier alpha value is -2.18. The molecule has 0 saturated heterocycles. The van der Waals surface area contributed by atoms with E-state index in [2.05, 4.69) is 25.6 Å². The maximum atomic E-state index is 12.1. The van der Waals surface area contributed by atoms with Gasteiger partial charge in [-0.15, -0.1) is 0 Å². The summed E-state index contributed by atoms with van der Waals surface area (Å²) in [4.78, 5) is 16.5. The predicted molar refractivity (Wildman–Crippen MR) is 72.1 cm³/mol. The number of hydrogen-bond acceptors (Lipinski definition) is 4. The summed E-state index contributed by atoms with van der Waals surface area (Å²) in [6, 6.07) is 0. The van der Waals surface area contributed by atoms with Gasteiger partial charge in [-0.05, 0) is 19.3 Å². The van der Waals surface area contributed by atoms with E-state index in [1.54, 1.807) is 10.9 Å². The van der Waals surface area contributed by atoms with Crippen LogP contribution in [0.3, 0.4) is 0 Å². The summed E-state index contributed by atoms with van der Waals surface area (Å²) in [5.41, 5.74) is 1.43. The van der Waals surface area contributed by atoms with Gasteiger partial charge in [0, 0.05) is 19.2 Å². The van der Waals surface area contributed by atoms with Crippen molar-refractivity contribution < 1.29 is 4.79 Å². The average Bonchev–Trinajstić information content (AvgIpc) is 3.06. The number of nitrogens with zero attached hydrogens (tertiary/aromatic N) is 4. The van der Waals surface area contributed by atoms with Gasteiger partial charge in [0.1, 0.15) is 5.82 Å². The van der Waals surface area contributed by atoms with Crippen LogP contribution in [0.15, 0.2) is 6.20 Å². The normalized spacial score (nSPS) is 14.5. The van der Waals surface area contributed by atoms with E-state index < -0.39 is 0 Å². The zero-order valence-electron chi connectivity index (χ0n) is 11.7. The highest BCUT2D eigenvalue weighted by Gasteiger charge is 2.27. The van der Waals surface area contributed by atoms with Crippen LogP contribution in [0.25, 0.3) is 0 Å². The van der Waals surface area contributed by atoms with Crippen LogP contribution >= 0.6 is 0 Å². The topological polar surface area (TPSA) is 88.5 Å². The molecule has 1 fully saturated rings. The minimum Gasteiger partial charge on any atom is -0.345 e. The first-order chi connectivity index (χ1) is 9.67. The number of carbonyl (C=O) groups is 1. The lowest BCUT2D eigenvalue weighted by Crippen LogP contribution is -2.24. The minimum atomic E-state index is -0.126. The molecular formula is C13H18N6O. The van der Waals surface area contributed by atoms with Crippen LogP contribution in [0.2, 0.25) is 0 Å². The van der Waals surface area contributed by atoms with E-state index in [0.717, 1.165) is 17.9 Å². The highest BCUT2D eigenvalue weighted by molar-refractivity contribution is 5.95. The van der Waals surface area contributed by atoms with Gasteiger partial charge in [0.2, 0.25) is 0 Å². The third-order valence-electron chi connectivity index (χ3n) is 3.39. The standard InChI is InChI=1S/C13H18N6O/c1-3-10-9(7-19(2)18-10)13(20)14-6-11-15-12(17-16-11)8-4-5-8/h7-8H,3-6H2,1-2H3,(H,14,20)(H,15,16,17). The molecule has 106 valence electrons. The van der Waals surface area contributed by atoms with Gasteiger partial charge < -0.3 is 5.32 Å². The Balaban J connectivity index is 1.63. The van der Waals surface area contributed by atoms with Crippen molar-refractivity contribution in [3.05, 3.63) is 29.1 Å². The Morgan fingerprint density at radius 1 is 1.55 bits per heavy atom. The molecular weight excluding hydrogens is 256 g/mol. The van der Waals surface area contributed by atoms with E-state index in [1.807, 2.05) is 14.0 Å². The van der Waals surface area contributed by atoms with E-state index in [0.29, 0.717) is 23.9 Å². The first kappa shape index (κ1) is 12.8. The molecule has 7 heteroatoms. The zero-order valence-corrected chi connectivity index (χ0v) is 11.7. The van der Waals surface area contributed by atoms with Crippen LogP contribution in [-0.4, -0.2) is 30.9 Å². The largest absolute Gasteiger partial charge is 0.345 e. The van der Waals surface area contributed by atoms with Crippen LogP contribution in [0.4, 0.5) is 0 Å². The Bertz CT molecular complexity index is 625. The molecule has 1 amide bonds. The number of hydrogen-bond donors (Lipinski definition) is 2. The predicted octanol–water partition coefficient (Wildman–Crippen LogP) is 0.908. The molecule has 3 rings (SSSR count). The lowest BCUT2D eigenvalue weighted by Gasteiger charge is -2.01. The smallest absolute Gasteiger partial charge is 0.255 e. The SMILES string of the molecule is CCc1nn(C)cc1C(=O)NCc1nc(C2CC2)n[nH]1. The number of rotatable bonds is 5. The lowest BCUT2D eigenvalue weighted by molar-refractivity contribution is 0.0949. The molecule has 1 aliphatic rings. The highest BCUT2D eigenvalue weighted by atomic mass is 16.1. The summed E-state index contributed by atoms with van der Waals surface area (Å²) in [5, 5.41) is 14.1. The summed E-state index contributed by atoms with van der Waals surface area (Å²) >= 11 is 0. The van der Waals surface area contributed by atoms with E-state index in [4.69, 9.17) is 0 Å². The van der Waals surface area contributed by atoms with Gasteiger partial charge in [-0.25, -0.2) is 4.98 Å². The molecule has 0 spiro atoms. The zero-order chi connectivity index (χ0) is 14.1. The van der Waals surface area contributed by atoms with Crippen molar-refractivity contribution in [1.29, 1.82) is 0 Å². The fourth-order valence-corrected chi connectivity index (χ4v) is 2.16. The molecule has 20 heavy (non-hydrogen) atoms. The maximum Gasteiger partial charge on any atom is 0.255 e. The summed E-state index contributed by atoms with van der Waals surface area (Å²) < 4.78 is 1.66. The van der Waals surface area contributed by atoms with Gasteiger partial charge >= 0.3 is 0 Å². The van der Waals surface area contributed by atoms with E-state index in [9.17, 15) is 4.79 Å². The Morgan fingerprint density at radius 2 is 2.35 bits per heavy atom. The fourth-order valence-electron chi connectivity index (χ4n) is 2.16. The molecule has 0 aromatic carbocycles. The number of carbonyl (C=O) groups excluding carboxylic acids is 1. The van der Waals surface area contributed by atoms with Gasteiger partial charge in [-0.2, -0.15) is 10.2 Å². The first-order valence-corrected chi connectivity index (χ1v) is 6.89. The number of aryl methyl sites for hydroxylation is 2. The van der Waals surface area contributed by atoms with Gasteiger partial charge in [0.05, 0.1) is 17.8 Å². The monoisotopic (exact) mass is 274 g/mol. The van der Waals surface area contributed by atoms with Crippen molar-refractivity contribution in [2.45, 2.75) is 38.6 Å². The maximum absolute atomic E-state index is 12.1. The molecule has 2 heterocycles. The third-order valence-corrected chi connectivity index (χ3v) is 3.39. The van der Waals surface area contributed by atoms with Gasteiger partial charge in [0.15, 0.2) is 5.82 Å². The van der Waals surface area contributed by atoms with Crippen molar-refractivity contribution >= 4 is 5.91 Å². The molecule has 0 aliphatic heterocycles. The highest BCUT2D eigenvalue weighted by Crippen LogP contribution is 2.37. The minimum absolute atomic E-state index is 0.126. The van der Waals surface area contributed by atoms with Gasteiger partial charge in [-0.1, -0.05) is 6.92 Å². The third kappa shape index (κ3) is 2.56. The van der Waals surface area contributed by atoms with Crippen LogP contribution in [0.1, 0.15) is 53.4 Å². The number of amides is 1. The summed E-state index contributed by atoms with van der Waals surface area (Å²) in [6.07, 6.45) is 4.81. The first-order valence-electron chi connectivity index (χ1n) is 6.89. The second kappa shape index (κ2) is 5.07. The number of aromatic amines is 1. The molecule has 7 nitrogen and oxygen atoms in total. The van der Waals surface area contributed by atoms with E-state index in [1.165, 1.54) is 12.8 Å². The average molecular weight is 274 g/mol. The van der Waals surface area contributed by atoms with Crippen molar-refractivity contribution in [3.63, 3.8) is 0 Å². The molecule has 0 bridgehead atoms. The van der Waals surface area contributed by atoms with Crippen LogP contribution in [0.5, 0.6) is 0 Å². The molecule has 2 N–H and O–H groups in total. The lowest BCUT2D eigenvalue weighted by atomic mass is 10.2. The fraction of sp³-hybridized carbons (Fsp3) is 0.538. The van der Waals surface area contributed by atoms with Crippen molar-refractivity contribution in [3.8, 4) is 0 Å². The quantitative estimate of drug-likeness (QED) is 0.848. The Kier molecular flexibility index (Phi) is 3.25. The molecule has 0 atom stereocenters. The second-order valence-electron chi connectivity index (χ2n) is 5.11. The number of H-pyrrole nitrogens is 1. The molecule has 0 radical (unpaired) electrons. The summed E-state index contributed by atoms with van der Waals surface area (Å²) in [6.45, 7) is 2.34. The van der Waals surface area contributed by atoms with Gasteiger partial charge in [0.25, 0.3) is 5.91 Å². The molecule has 2 aromatic heterocycles. The van der Waals surface area contributed by atoms with E-state index in [-0.39, 0.29) is 5.91 Å². The molecule has 1 aliphatic carbocycles. The van der Waals surface area contributed by atoms with Gasteiger partial charge in [-0.3, -0.25) is 14.6 Å². The molecule has 2 aromatic rings. The summed E-state index contributed by atoms with van der Waals surface area (Å²) in [7, 11) is 1.81. The van der Waals surface area contributed by atoms with Crippen LogP contribution in [-0.2, 0) is 20.0 Å². The van der Waals surface area contributed by atoms with Crippen molar-refractivity contribution in [2.75, 3.05) is 0 Å². The number of nitrogens with one attached hydrogen (secondary N) is 2. The Morgan fingerprint density at radius 3 is 3.05 bits per heavy atom. The number of aromatic nitrogens is 5. The van der Waals surface area contributed by atoms with E-state index >= 15 is 0 Å². The molecule has 0 unspecified atom stereocenters. The summed E-state index contributed by atoms with van der Waals surface area (Å²) in [5.74, 6) is 1.95. The Labute approximate surface area is 116 Å². The molecule has 1 saturated carbocycles.